The van der Waals surface area contributed by atoms with Crippen molar-refractivity contribution < 1.29 is 9.00 Å². The molecule has 0 saturated carbocycles. The van der Waals surface area contributed by atoms with Gasteiger partial charge in [-0.3, -0.25) is 14.3 Å². The Hall–Kier alpha value is -2.47. The van der Waals surface area contributed by atoms with Crippen molar-refractivity contribution in [1.82, 2.24) is 9.55 Å². The highest BCUT2D eigenvalue weighted by Crippen LogP contribution is 2.20. The third kappa shape index (κ3) is 3.96. The number of hydrogen-bond donors (Lipinski definition) is 1. The van der Waals surface area contributed by atoms with Gasteiger partial charge in [-0.2, -0.15) is 0 Å². The molecule has 3 aromatic rings. The third-order valence-corrected chi connectivity index (χ3v) is 4.63. The second-order valence-corrected chi connectivity index (χ2v) is 7.38. The average Bonchev–Trinajstić information content (AvgIpc) is 2.92. The molecule has 0 radical (unpaired) electrons. The smallest absolute Gasteiger partial charge is 0.257 e. The van der Waals surface area contributed by atoms with Gasteiger partial charge in [0.25, 0.3) is 5.91 Å². The highest BCUT2D eigenvalue weighted by Gasteiger charge is 2.14. The molecular weight excluding hydrogens is 334 g/mol. The monoisotopic (exact) mass is 355 g/mol. The summed E-state index contributed by atoms with van der Waals surface area (Å²) in [6.45, 7) is 2.87. The lowest BCUT2D eigenvalue weighted by Crippen LogP contribution is -2.16. The lowest BCUT2D eigenvalue weighted by molar-refractivity contribution is 0.102. The molecule has 25 heavy (non-hydrogen) atoms. The molecule has 1 amide bonds. The van der Waals surface area contributed by atoms with E-state index in [9.17, 15) is 9.00 Å². The number of rotatable bonds is 6. The molecule has 0 unspecified atom stereocenters. The number of nitrogens with zero attached hydrogens (tertiary/aromatic N) is 2. The van der Waals surface area contributed by atoms with E-state index < -0.39 is 10.8 Å². The number of aryl methyl sites for hydroxylation is 1. The van der Waals surface area contributed by atoms with Gasteiger partial charge in [-0.1, -0.05) is 31.2 Å². The molecule has 1 heterocycles. The van der Waals surface area contributed by atoms with Crippen LogP contribution in [0, 0.1) is 0 Å². The third-order valence-electron chi connectivity index (χ3n) is 3.89. The van der Waals surface area contributed by atoms with E-state index in [1.54, 1.807) is 18.4 Å². The van der Waals surface area contributed by atoms with Gasteiger partial charge in [0.1, 0.15) is 0 Å². The zero-order valence-electron chi connectivity index (χ0n) is 14.4. The molecule has 0 fully saturated rings. The fourth-order valence-electron chi connectivity index (χ4n) is 2.83. The molecule has 3 rings (SSSR count). The summed E-state index contributed by atoms with van der Waals surface area (Å²) in [5, 5.41) is 2.92. The zero-order chi connectivity index (χ0) is 17.8. The molecule has 5 nitrogen and oxygen atoms in total. The van der Waals surface area contributed by atoms with Crippen molar-refractivity contribution in [2.75, 3.05) is 11.6 Å². The van der Waals surface area contributed by atoms with Gasteiger partial charge < -0.3 is 4.57 Å². The van der Waals surface area contributed by atoms with Crippen molar-refractivity contribution in [3.63, 3.8) is 0 Å². The maximum atomic E-state index is 12.6. The van der Waals surface area contributed by atoms with Crippen LogP contribution in [0.4, 0.5) is 5.95 Å². The molecule has 1 aromatic heterocycles. The minimum atomic E-state index is -0.941. The quantitative estimate of drug-likeness (QED) is 0.735. The normalized spacial score (nSPS) is 12.2. The first-order valence-corrected chi connectivity index (χ1v) is 9.96. The van der Waals surface area contributed by atoms with Crippen molar-refractivity contribution in [2.24, 2.45) is 0 Å². The maximum Gasteiger partial charge on any atom is 0.257 e. The van der Waals surface area contributed by atoms with Gasteiger partial charge in [-0.05, 0) is 36.2 Å². The van der Waals surface area contributed by atoms with E-state index in [1.807, 2.05) is 41.0 Å². The Bertz CT molecular complexity index is 933. The van der Waals surface area contributed by atoms with Crippen molar-refractivity contribution in [3.05, 3.63) is 59.7 Å². The van der Waals surface area contributed by atoms with Crippen LogP contribution in [0.25, 0.3) is 11.0 Å². The number of para-hydroxylation sites is 2. The van der Waals surface area contributed by atoms with E-state index >= 15 is 0 Å². The van der Waals surface area contributed by atoms with Gasteiger partial charge in [0.05, 0.1) is 11.0 Å². The fraction of sp³-hybridized carbons (Fsp3) is 0.263. The number of fused-ring (bicyclic) bond motifs is 1. The SMILES string of the molecule is CCCn1c(NC(=O)c2cccc(C[S@@](C)=O)c2)nc2ccccc21. The number of nitrogens with one attached hydrogen (secondary N) is 1. The van der Waals surface area contributed by atoms with Crippen molar-refractivity contribution >= 4 is 33.7 Å². The number of hydrogen-bond acceptors (Lipinski definition) is 3. The number of carbonyl (C=O) groups is 1. The van der Waals surface area contributed by atoms with Crippen LogP contribution in [0.5, 0.6) is 0 Å². The zero-order valence-corrected chi connectivity index (χ0v) is 15.2. The number of aromatic nitrogens is 2. The Morgan fingerprint density at radius 2 is 2.00 bits per heavy atom. The maximum absolute atomic E-state index is 12.6. The molecule has 1 atom stereocenters. The second-order valence-electron chi connectivity index (χ2n) is 5.95. The van der Waals surface area contributed by atoms with E-state index in [-0.39, 0.29) is 5.91 Å². The van der Waals surface area contributed by atoms with Crippen molar-refractivity contribution in [2.45, 2.75) is 25.6 Å². The Labute approximate surface area is 149 Å². The second kappa shape index (κ2) is 7.61. The predicted octanol–water partition coefficient (Wildman–Crippen LogP) is 3.58. The molecule has 1 N–H and O–H groups in total. The molecule has 130 valence electrons. The summed E-state index contributed by atoms with van der Waals surface area (Å²) in [6.07, 6.45) is 2.60. The van der Waals surface area contributed by atoms with Gasteiger partial charge in [-0.15, -0.1) is 0 Å². The van der Waals surface area contributed by atoms with E-state index in [4.69, 9.17) is 0 Å². The number of benzene rings is 2. The average molecular weight is 355 g/mol. The highest BCUT2D eigenvalue weighted by molar-refractivity contribution is 7.83. The molecule has 6 heteroatoms. The summed E-state index contributed by atoms with van der Waals surface area (Å²) in [6, 6.07) is 15.1. The van der Waals surface area contributed by atoms with Gasteiger partial charge in [-0.25, -0.2) is 4.98 Å². The van der Waals surface area contributed by atoms with Crippen molar-refractivity contribution in [1.29, 1.82) is 0 Å². The summed E-state index contributed by atoms with van der Waals surface area (Å²) < 4.78 is 13.4. The van der Waals surface area contributed by atoms with Gasteiger partial charge in [0.15, 0.2) is 0 Å². The van der Waals surface area contributed by atoms with E-state index in [0.717, 1.165) is 29.6 Å². The lowest BCUT2D eigenvalue weighted by Gasteiger charge is -2.09. The van der Waals surface area contributed by atoms with Gasteiger partial charge in [0, 0.05) is 34.9 Å². The van der Waals surface area contributed by atoms with Crippen LogP contribution in [0.1, 0.15) is 29.3 Å². The summed E-state index contributed by atoms with van der Waals surface area (Å²) in [5.74, 6) is 0.782. The Morgan fingerprint density at radius 3 is 2.76 bits per heavy atom. The standard InChI is InChI=1S/C19H21N3O2S/c1-3-11-22-17-10-5-4-9-16(17)20-19(22)21-18(23)15-8-6-7-14(12-15)13-25(2)24/h4-10,12H,3,11,13H2,1-2H3,(H,20,21,23)/t25-/m1/s1. The van der Waals surface area contributed by atoms with Crippen LogP contribution >= 0.6 is 0 Å². The molecule has 0 aliphatic rings. The Morgan fingerprint density at radius 1 is 1.20 bits per heavy atom. The highest BCUT2D eigenvalue weighted by atomic mass is 32.2. The molecule has 0 spiro atoms. The molecule has 0 aliphatic carbocycles. The largest absolute Gasteiger partial charge is 0.310 e. The molecule has 0 saturated heterocycles. The minimum Gasteiger partial charge on any atom is -0.310 e. The van der Waals surface area contributed by atoms with E-state index in [1.165, 1.54) is 0 Å². The molecule has 0 aliphatic heterocycles. The number of amides is 1. The van der Waals surface area contributed by atoms with Gasteiger partial charge >= 0.3 is 0 Å². The summed E-state index contributed by atoms with van der Waals surface area (Å²) in [4.78, 5) is 17.2. The topological polar surface area (TPSA) is 64.0 Å². The van der Waals surface area contributed by atoms with Crippen LogP contribution in [-0.2, 0) is 23.1 Å². The fourth-order valence-corrected chi connectivity index (χ4v) is 3.48. The van der Waals surface area contributed by atoms with Crippen LogP contribution in [0.15, 0.2) is 48.5 Å². The first-order valence-electron chi connectivity index (χ1n) is 8.24. The van der Waals surface area contributed by atoms with Crippen LogP contribution in [0.2, 0.25) is 0 Å². The Kier molecular flexibility index (Phi) is 5.28. The van der Waals surface area contributed by atoms with Gasteiger partial charge in [0.2, 0.25) is 5.95 Å². The van der Waals surface area contributed by atoms with E-state index in [2.05, 4.69) is 17.2 Å². The number of carbonyl (C=O) groups excluding carboxylic acids is 1. The lowest BCUT2D eigenvalue weighted by atomic mass is 10.1. The first-order chi connectivity index (χ1) is 12.1. The van der Waals surface area contributed by atoms with E-state index in [0.29, 0.717) is 17.3 Å². The molecule has 0 bridgehead atoms. The van der Waals surface area contributed by atoms with Crippen molar-refractivity contribution in [3.8, 4) is 0 Å². The first kappa shape index (κ1) is 17.4. The minimum absolute atomic E-state index is 0.212. The number of imidazole rings is 1. The van der Waals surface area contributed by atoms with Crippen LogP contribution in [-0.4, -0.2) is 25.9 Å². The summed E-state index contributed by atoms with van der Waals surface area (Å²) in [7, 11) is -0.941. The number of anilines is 1. The molecule has 2 aromatic carbocycles. The van der Waals surface area contributed by atoms with Crippen LogP contribution in [0.3, 0.4) is 0 Å². The summed E-state index contributed by atoms with van der Waals surface area (Å²) >= 11 is 0. The summed E-state index contributed by atoms with van der Waals surface area (Å²) in [5.41, 5.74) is 3.30. The predicted molar refractivity (Wildman–Crippen MR) is 102 cm³/mol. The Balaban J connectivity index is 1.89. The molecular formula is C19H21N3O2S. The van der Waals surface area contributed by atoms with Crippen LogP contribution < -0.4 is 5.32 Å².